The van der Waals surface area contributed by atoms with Crippen molar-refractivity contribution < 1.29 is 13.2 Å². The maximum absolute atomic E-state index is 11.5. The average Bonchev–Trinajstić information content (AvgIpc) is 1.62. The van der Waals surface area contributed by atoms with Gasteiger partial charge in [0.25, 0.3) is 0 Å². The molecule has 0 N–H and O–H groups in total. The monoisotopic (exact) mass is 154 g/mol. The van der Waals surface area contributed by atoms with Gasteiger partial charge in [0.1, 0.15) is 0 Å². The standard InChI is InChI=1S/C5H9F3Si/c1-4(9-2)3-5(6,7)8/h4H,3H2,1-2H3. The molecule has 1 unspecified atom stereocenters. The Hall–Kier alpha value is 0.00688. The van der Waals surface area contributed by atoms with Gasteiger partial charge in [-0.2, -0.15) is 13.2 Å². The fraction of sp³-hybridized carbons (Fsp3) is 1.00. The fourth-order valence-corrected chi connectivity index (χ4v) is 0.885. The lowest BCUT2D eigenvalue weighted by Gasteiger charge is -2.09. The van der Waals surface area contributed by atoms with Crippen LogP contribution in [0.15, 0.2) is 0 Å². The van der Waals surface area contributed by atoms with E-state index in [4.69, 9.17) is 0 Å². The third-order valence-corrected chi connectivity index (χ3v) is 2.22. The number of rotatable bonds is 2. The molecule has 0 aromatic rings. The highest BCUT2D eigenvalue weighted by Gasteiger charge is 2.28. The number of hydrogen-bond acceptors (Lipinski definition) is 0. The number of hydrogen-bond donors (Lipinski definition) is 0. The molecule has 0 aliphatic rings. The summed E-state index contributed by atoms with van der Waals surface area (Å²) in [4.78, 5) is 0. The predicted molar refractivity (Wildman–Crippen MR) is 31.7 cm³/mol. The number of halogens is 3. The van der Waals surface area contributed by atoms with E-state index < -0.39 is 12.6 Å². The Morgan fingerprint density at radius 2 is 1.89 bits per heavy atom. The van der Waals surface area contributed by atoms with Crippen molar-refractivity contribution >= 4 is 9.52 Å². The van der Waals surface area contributed by atoms with E-state index in [2.05, 4.69) is 0 Å². The first-order valence-electron chi connectivity index (χ1n) is 2.69. The second kappa shape index (κ2) is 3.24. The smallest absolute Gasteiger partial charge is 0.171 e. The lowest BCUT2D eigenvalue weighted by atomic mass is 10.3. The first-order chi connectivity index (χ1) is 3.95. The molecule has 9 heavy (non-hydrogen) atoms. The summed E-state index contributed by atoms with van der Waals surface area (Å²) in [6.45, 7) is 3.41. The average molecular weight is 154 g/mol. The molecular weight excluding hydrogens is 145 g/mol. The van der Waals surface area contributed by atoms with Crippen molar-refractivity contribution in [2.75, 3.05) is 0 Å². The fourth-order valence-electron chi connectivity index (χ4n) is 0.449. The van der Waals surface area contributed by atoms with Crippen LogP contribution < -0.4 is 0 Å². The van der Waals surface area contributed by atoms with Crippen LogP contribution in [-0.2, 0) is 0 Å². The molecule has 0 aromatic carbocycles. The first kappa shape index (κ1) is 9.01. The van der Waals surface area contributed by atoms with Crippen molar-refractivity contribution in [3.63, 3.8) is 0 Å². The summed E-state index contributed by atoms with van der Waals surface area (Å²) in [5.41, 5.74) is -0.204. The van der Waals surface area contributed by atoms with Crippen LogP contribution >= 0.6 is 0 Å². The van der Waals surface area contributed by atoms with Gasteiger partial charge in [-0.25, -0.2) is 0 Å². The summed E-state index contributed by atoms with van der Waals surface area (Å²) in [5, 5.41) is 0. The summed E-state index contributed by atoms with van der Waals surface area (Å²) >= 11 is 0. The van der Waals surface area contributed by atoms with Gasteiger partial charge in [0.05, 0.1) is 0 Å². The highest BCUT2D eigenvalue weighted by Crippen LogP contribution is 2.26. The topological polar surface area (TPSA) is 0 Å². The molecule has 0 aliphatic heterocycles. The zero-order chi connectivity index (χ0) is 7.49. The summed E-state index contributed by atoms with van der Waals surface area (Å²) in [6, 6.07) is 0. The van der Waals surface area contributed by atoms with Crippen LogP contribution in [0.4, 0.5) is 13.2 Å². The van der Waals surface area contributed by atoms with E-state index in [0.29, 0.717) is 9.52 Å². The molecule has 4 heteroatoms. The third kappa shape index (κ3) is 5.88. The van der Waals surface area contributed by atoms with Gasteiger partial charge < -0.3 is 0 Å². The molecule has 0 aliphatic carbocycles. The van der Waals surface area contributed by atoms with Crippen molar-refractivity contribution in [3.8, 4) is 0 Å². The summed E-state index contributed by atoms with van der Waals surface area (Å²) in [6.07, 6.45) is -4.61. The van der Waals surface area contributed by atoms with Crippen LogP contribution in [0.25, 0.3) is 0 Å². The van der Waals surface area contributed by atoms with Crippen LogP contribution in [0.2, 0.25) is 12.1 Å². The van der Waals surface area contributed by atoms with E-state index in [-0.39, 0.29) is 5.54 Å². The molecule has 0 aromatic heterocycles. The molecular formula is C5H9F3Si. The Bertz CT molecular complexity index is 78.8. The molecule has 2 radical (unpaired) electrons. The Morgan fingerprint density at radius 3 is 2.00 bits per heavy atom. The molecule has 1 atom stereocenters. The van der Waals surface area contributed by atoms with Crippen molar-refractivity contribution in [3.05, 3.63) is 0 Å². The van der Waals surface area contributed by atoms with Crippen LogP contribution in [0.5, 0.6) is 0 Å². The zero-order valence-electron chi connectivity index (χ0n) is 5.42. The lowest BCUT2D eigenvalue weighted by Crippen LogP contribution is -2.12. The third-order valence-electron chi connectivity index (χ3n) is 1.03. The summed E-state index contributed by atoms with van der Waals surface area (Å²) in [7, 11) is 0.385. The van der Waals surface area contributed by atoms with Crippen LogP contribution in [0.3, 0.4) is 0 Å². The van der Waals surface area contributed by atoms with Gasteiger partial charge in [-0.05, 0) is 5.54 Å². The molecule has 0 amide bonds. The molecule has 0 saturated carbocycles. The Kier molecular flexibility index (Phi) is 3.25. The van der Waals surface area contributed by atoms with E-state index in [1.807, 2.05) is 0 Å². The highest BCUT2D eigenvalue weighted by atomic mass is 28.2. The van der Waals surface area contributed by atoms with Gasteiger partial charge in [0.15, 0.2) is 0 Å². The quantitative estimate of drug-likeness (QED) is 0.536. The van der Waals surface area contributed by atoms with E-state index >= 15 is 0 Å². The normalized spacial score (nSPS) is 15.7. The largest absolute Gasteiger partial charge is 0.389 e. The minimum Gasteiger partial charge on any atom is -0.171 e. The second-order valence-corrected chi connectivity index (χ2v) is 3.57. The maximum atomic E-state index is 11.5. The van der Waals surface area contributed by atoms with Crippen molar-refractivity contribution in [2.45, 2.75) is 31.6 Å². The predicted octanol–water partition coefficient (Wildman–Crippen LogP) is 2.50. The van der Waals surface area contributed by atoms with Gasteiger partial charge in [0, 0.05) is 15.9 Å². The Balaban J connectivity index is 3.47. The van der Waals surface area contributed by atoms with E-state index in [1.54, 1.807) is 13.5 Å². The van der Waals surface area contributed by atoms with E-state index in [1.165, 1.54) is 0 Å². The lowest BCUT2D eigenvalue weighted by molar-refractivity contribution is -0.134. The van der Waals surface area contributed by atoms with E-state index in [0.717, 1.165) is 0 Å². The molecule has 0 bridgehead atoms. The second-order valence-electron chi connectivity index (χ2n) is 2.01. The first-order valence-corrected chi connectivity index (χ1v) is 4.27. The summed E-state index contributed by atoms with van der Waals surface area (Å²) < 4.78 is 34.5. The van der Waals surface area contributed by atoms with Crippen LogP contribution in [0.1, 0.15) is 13.3 Å². The minimum atomic E-state index is -3.97. The van der Waals surface area contributed by atoms with Crippen molar-refractivity contribution in [1.29, 1.82) is 0 Å². The molecule has 0 rings (SSSR count). The molecule has 0 saturated heterocycles. The van der Waals surface area contributed by atoms with Crippen LogP contribution in [-0.4, -0.2) is 15.7 Å². The van der Waals surface area contributed by atoms with Crippen molar-refractivity contribution in [2.24, 2.45) is 0 Å². The van der Waals surface area contributed by atoms with Crippen molar-refractivity contribution in [1.82, 2.24) is 0 Å². The molecule has 0 nitrogen and oxygen atoms in total. The van der Waals surface area contributed by atoms with Gasteiger partial charge in [-0.3, -0.25) is 0 Å². The molecule has 54 valence electrons. The molecule has 0 spiro atoms. The van der Waals surface area contributed by atoms with Gasteiger partial charge in [0.2, 0.25) is 0 Å². The molecule has 0 fully saturated rings. The van der Waals surface area contributed by atoms with Gasteiger partial charge >= 0.3 is 6.18 Å². The maximum Gasteiger partial charge on any atom is 0.389 e. The number of alkyl halides is 3. The Morgan fingerprint density at radius 1 is 1.44 bits per heavy atom. The van der Waals surface area contributed by atoms with Gasteiger partial charge in [-0.15, -0.1) is 0 Å². The van der Waals surface area contributed by atoms with E-state index in [9.17, 15) is 13.2 Å². The summed E-state index contributed by atoms with van der Waals surface area (Å²) in [5.74, 6) is 0. The SMILES string of the molecule is C[Si]C(C)CC(F)(F)F. The highest BCUT2D eigenvalue weighted by molar-refractivity contribution is 6.35. The molecule has 0 heterocycles. The Labute approximate surface area is 55.3 Å². The minimum absolute atomic E-state index is 0.204. The van der Waals surface area contributed by atoms with Crippen LogP contribution in [0, 0.1) is 0 Å². The zero-order valence-corrected chi connectivity index (χ0v) is 6.42. The van der Waals surface area contributed by atoms with Gasteiger partial charge in [-0.1, -0.05) is 13.5 Å².